The molecule has 20 heavy (non-hydrogen) atoms. The molecule has 112 valence electrons. The minimum Gasteiger partial charge on any atom is -0.329 e. The normalized spacial score (nSPS) is 24.9. The molecule has 1 unspecified atom stereocenters. The van der Waals surface area contributed by atoms with Gasteiger partial charge in [-0.2, -0.15) is 0 Å². The predicted octanol–water partition coefficient (Wildman–Crippen LogP) is 3.81. The number of aryl methyl sites for hydroxylation is 1. The third-order valence-corrected chi connectivity index (χ3v) is 5.28. The molecule has 1 atom stereocenters. The molecule has 1 saturated carbocycles. The summed E-state index contributed by atoms with van der Waals surface area (Å²) in [5, 5.41) is 0. The van der Waals surface area contributed by atoms with Gasteiger partial charge in [-0.25, -0.2) is 0 Å². The minimum atomic E-state index is 0.355. The third-order valence-electron chi connectivity index (χ3n) is 5.28. The maximum absolute atomic E-state index is 6.12. The van der Waals surface area contributed by atoms with Crippen molar-refractivity contribution in [1.29, 1.82) is 0 Å². The molecular weight excluding hydrogens is 244 g/mol. The number of rotatable bonds is 4. The minimum absolute atomic E-state index is 0.355. The van der Waals surface area contributed by atoms with Gasteiger partial charge in [-0.1, -0.05) is 25.1 Å². The third kappa shape index (κ3) is 3.24. The van der Waals surface area contributed by atoms with Crippen LogP contribution >= 0.6 is 0 Å². The van der Waals surface area contributed by atoms with Gasteiger partial charge in [0.25, 0.3) is 0 Å². The van der Waals surface area contributed by atoms with E-state index in [4.69, 9.17) is 5.73 Å². The van der Waals surface area contributed by atoms with Crippen molar-refractivity contribution in [1.82, 2.24) is 4.90 Å². The number of nitrogens with two attached hydrogens (primary N) is 1. The van der Waals surface area contributed by atoms with Crippen LogP contribution in [0.4, 0.5) is 0 Å². The second-order valence-corrected chi connectivity index (χ2v) is 6.62. The summed E-state index contributed by atoms with van der Waals surface area (Å²) in [6, 6.07) is 7.65. The highest BCUT2D eigenvalue weighted by Gasteiger charge is 2.27. The van der Waals surface area contributed by atoms with Crippen LogP contribution in [-0.4, -0.2) is 24.5 Å². The molecule has 2 rings (SSSR count). The van der Waals surface area contributed by atoms with Crippen LogP contribution in [0, 0.1) is 19.8 Å². The first kappa shape index (κ1) is 15.5. The molecule has 1 fully saturated rings. The van der Waals surface area contributed by atoms with E-state index in [1.54, 1.807) is 0 Å². The Kier molecular flexibility index (Phi) is 5.22. The maximum atomic E-state index is 6.12. The maximum Gasteiger partial charge on any atom is 0.0473 e. The molecule has 0 bridgehead atoms. The summed E-state index contributed by atoms with van der Waals surface area (Å²) in [6.07, 6.45) is 5.36. The van der Waals surface area contributed by atoms with Crippen LogP contribution < -0.4 is 5.73 Å². The molecule has 2 nitrogen and oxygen atoms in total. The van der Waals surface area contributed by atoms with Gasteiger partial charge in [0.1, 0.15) is 0 Å². The van der Waals surface area contributed by atoms with E-state index in [1.807, 2.05) is 0 Å². The van der Waals surface area contributed by atoms with E-state index in [0.29, 0.717) is 18.6 Å². The standard InChI is InChI=1S/C18H30N2/c1-13-8-10-16(11-9-13)20(4)18(12-19)17-7-5-6-14(2)15(17)3/h5-7,13,16,18H,8-12,19H2,1-4H3. The summed E-state index contributed by atoms with van der Waals surface area (Å²) in [4.78, 5) is 2.54. The fourth-order valence-corrected chi connectivity index (χ4v) is 3.55. The molecule has 0 spiro atoms. The Morgan fingerprint density at radius 2 is 1.85 bits per heavy atom. The molecule has 0 saturated heterocycles. The second kappa shape index (κ2) is 6.73. The molecule has 1 aliphatic rings. The summed E-state index contributed by atoms with van der Waals surface area (Å²) in [5.41, 5.74) is 10.3. The first-order valence-corrected chi connectivity index (χ1v) is 8.02. The van der Waals surface area contributed by atoms with Gasteiger partial charge in [0.05, 0.1) is 0 Å². The summed E-state index contributed by atoms with van der Waals surface area (Å²) >= 11 is 0. The van der Waals surface area contributed by atoms with Gasteiger partial charge >= 0.3 is 0 Å². The average molecular weight is 274 g/mol. The largest absolute Gasteiger partial charge is 0.329 e. The van der Waals surface area contributed by atoms with E-state index in [0.717, 1.165) is 5.92 Å². The number of nitrogens with zero attached hydrogens (tertiary/aromatic N) is 1. The monoisotopic (exact) mass is 274 g/mol. The van der Waals surface area contributed by atoms with E-state index < -0.39 is 0 Å². The molecule has 0 amide bonds. The van der Waals surface area contributed by atoms with Gasteiger partial charge in [0, 0.05) is 18.6 Å². The Morgan fingerprint density at radius 1 is 1.20 bits per heavy atom. The molecule has 2 N–H and O–H groups in total. The molecule has 2 heteroatoms. The highest BCUT2D eigenvalue weighted by atomic mass is 15.2. The lowest BCUT2D eigenvalue weighted by atomic mass is 9.85. The Hall–Kier alpha value is -0.860. The lowest BCUT2D eigenvalue weighted by Gasteiger charge is -2.39. The van der Waals surface area contributed by atoms with E-state index in [2.05, 4.69) is 50.9 Å². The van der Waals surface area contributed by atoms with Crippen LogP contribution in [0.5, 0.6) is 0 Å². The van der Waals surface area contributed by atoms with Crippen molar-refractivity contribution in [3.8, 4) is 0 Å². The molecule has 1 aromatic carbocycles. The van der Waals surface area contributed by atoms with Crippen molar-refractivity contribution >= 4 is 0 Å². The lowest BCUT2D eigenvalue weighted by Crippen LogP contribution is -2.40. The summed E-state index contributed by atoms with van der Waals surface area (Å²) in [5.74, 6) is 0.900. The Morgan fingerprint density at radius 3 is 2.45 bits per heavy atom. The SMILES string of the molecule is Cc1cccc(C(CN)N(C)C2CCC(C)CC2)c1C. The van der Waals surface area contributed by atoms with Crippen LogP contribution in [0.1, 0.15) is 55.3 Å². The van der Waals surface area contributed by atoms with Crippen molar-refractivity contribution in [2.75, 3.05) is 13.6 Å². The number of benzene rings is 1. The van der Waals surface area contributed by atoms with Crippen molar-refractivity contribution in [2.24, 2.45) is 11.7 Å². The number of hydrogen-bond acceptors (Lipinski definition) is 2. The van der Waals surface area contributed by atoms with Crippen LogP contribution in [0.15, 0.2) is 18.2 Å². The van der Waals surface area contributed by atoms with Gasteiger partial charge in [-0.05, 0) is 69.2 Å². The van der Waals surface area contributed by atoms with E-state index >= 15 is 0 Å². The molecule has 0 aliphatic heterocycles. The first-order valence-electron chi connectivity index (χ1n) is 8.02. The van der Waals surface area contributed by atoms with Gasteiger partial charge in [0.15, 0.2) is 0 Å². The average Bonchev–Trinajstić information content (AvgIpc) is 2.45. The first-order chi connectivity index (χ1) is 9.54. The zero-order valence-corrected chi connectivity index (χ0v) is 13.5. The van der Waals surface area contributed by atoms with Gasteiger partial charge in [-0.15, -0.1) is 0 Å². The summed E-state index contributed by atoms with van der Waals surface area (Å²) < 4.78 is 0. The molecule has 0 heterocycles. The zero-order valence-electron chi connectivity index (χ0n) is 13.5. The molecule has 1 aromatic rings. The van der Waals surface area contributed by atoms with Crippen LogP contribution in [0.2, 0.25) is 0 Å². The number of likely N-dealkylation sites (N-methyl/N-ethyl adjacent to an activating group) is 1. The Balaban J connectivity index is 2.17. The fraction of sp³-hybridized carbons (Fsp3) is 0.667. The number of hydrogen-bond donors (Lipinski definition) is 1. The fourth-order valence-electron chi connectivity index (χ4n) is 3.55. The highest BCUT2D eigenvalue weighted by molar-refractivity contribution is 5.35. The smallest absolute Gasteiger partial charge is 0.0473 e. The quantitative estimate of drug-likeness (QED) is 0.904. The van der Waals surface area contributed by atoms with Crippen molar-refractivity contribution in [3.63, 3.8) is 0 Å². The van der Waals surface area contributed by atoms with Gasteiger partial charge in [-0.3, -0.25) is 4.90 Å². The molecule has 0 radical (unpaired) electrons. The van der Waals surface area contributed by atoms with Crippen molar-refractivity contribution in [3.05, 3.63) is 34.9 Å². The molecular formula is C18H30N2. The van der Waals surface area contributed by atoms with E-state index in [-0.39, 0.29) is 0 Å². The predicted molar refractivity (Wildman–Crippen MR) is 86.9 cm³/mol. The van der Waals surface area contributed by atoms with Gasteiger partial charge in [0.2, 0.25) is 0 Å². The topological polar surface area (TPSA) is 29.3 Å². The van der Waals surface area contributed by atoms with Crippen LogP contribution in [0.3, 0.4) is 0 Å². The van der Waals surface area contributed by atoms with E-state index in [1.165, 1.54) is 42.4 Å². The lowest BCUT2D eigenvalue weighted by molar-refractivity contribution is 0.126. The van der Waals surface area contributed by atoms with E-state index in [9.17, 15) is 0 Å². The van der Waals surface area contributed by atoms with Crippen molar-refractivity contribution < 1.29 is 0 Å². The Bertz CT molecular complexity index is 433. The molecule has 1 aliphatic carbocycles. The van der Waals surface area contributed by atoms with Crippen molar-refractivity contribution in [2.45, 2.75) is 58.5 Å². The summed E-state index contributed by atoms with van der Waals surface area (Å²) in [6.45, 7) is 7.49. The van der Waals surface area contributed by atoms with Gasteiger partial charge < -0.3 is 5.73 Å². The Labute approximate surface area is 124 Å². The molecule has 0 aromatic heterocycles. The zero-order chi connectivity index (χ0) is 14.7. The second-order valence-electron chi connectivity index (χ2n) is 6.62. The summed E-state index contributed by atoms with van der Waals surface area (Å²) in [7, 11) is 2.26. The van der Waals surface area contributed by atoms with Crippen LogP contribution in [0.25, 0.3) is 0 Å². The van der Waals surface area contributed by atoms with Crippen LogP contribution in [-0.2, 0) is 0 Å². The highest BCUT2D eigenvalue weighted by Crippen LogP contribution is 2.32.